The number of hydrogen-bond donors (Lipinski definition) is 3. The average Bonchev–Trinajstić information content (AvgIpc) is 3.07. The highest BCUT2D eigenvalue weighted by atomic mass is 16.4. The first-order valence-corrected chi connectivity index (χ1v) is 9.39. The number of rotatable bonds is 3. The second kappa shape index (κ2) is 6.84. The molecule has 0 atom stereocenters. The van der Waals surface area contributed by atoms with Crippen LogP contribution in [-0.4, -0.2) is 30.6 Å². The first-order chi connectivity index (χ1) is 14.1. The molecule has 0 radical (unpaired) electrons. The molecule has 0 spiro atoms. The van der Waals surface area contributed by atoms with Crippen molar-refractivity contribution in [2.75, 3.05) is 11.5 Å². The van der Waals surface area contributed by atoms with E-state index in [0.717, 1.165) is 22.2 Å². The van der Waals surface area contributed by atoms with E-state index in [0.29, 0.717) is 17.1 Å². The standard InChI is InChI=1S/C22H22N6O2/c1-22(2,3)28-18-7-4-12(13-10-25-21(24)26-11-13)8-17(18)27-19(28)16-9-14(23)5-6-15(16)20(29)30/h4-11H,23H2,1-3H3,(H,29,30)(H2,24,25,26). The molecule has 0 fully saturated rings. The quantitative estimate of drug-likeness (QED) is 0.444. The lowest BCUT2D eigenvalue weighted by atomic mass is 10.0. The van der Waals surface area contributed by atoms with Crippen molar-refractivity contribution in [2.45, 2.75) is 26.3 Å². The normalized spacial score (nSPS) is 11.7. The minimum absolute atomic E-state index is 0.150. The number of fused-ring (bicyclic) bond motifs is 1. The molecule has 0 bridgehead atoms. The van der Waals surface area contributed by atoms with Crippen LogP contribution in [0.25, 0.3) is 33.5 Å². The Morgan fingerprint density at radius 2 is 1.70 bits per heavy atom. The van der Waals surface area contributed by atoms with Crippen molar-refractivity contribution in [1.29, 1.82) is 0 Å². The van der Waals surface area contributed by atoms with Gasteiger partial charge in [-0.3, -0.25) is 0 Å². The molecule has 4 rings (SSSR count). The van der Waals surface area contributed by atoms with Crippen molar-refractivity contribution in [3.63, 3.8) is 0 Å². The van der Waals surface area contributed by atoms with Crippen LogP contribution < -0.4 is 11.5 Å². The van der Waals surface area contributed by atoms with E-state index < -0.39 is 5.97 Å². The Hall–Kier alpha value is -3.94. The van der Waals surface area contributed by atoms with E-state index in [2.05, 4.69) is 9.97 Å². The number of nitrogens with two attached hydrogens (primary N) is 2. The van der Waals surface area contributed by atoms with Gasteiger partial charge in [0.25, 0.3) is 0 Å². The molecule has 4 aromatic rings. The maximum Gasteiger partial charge on any atom is 0.336 e. The van der Waals surface area contributed by atoms with E-state index in [9.17, 15) is 9.90 Å². The lowest BCUT2D eigenvalue weighted by Gasteiger charge is -2.25. The van der Waals surface area contributed by atoms with Gasteiger partial charge in [-0.15, -0.1) is 0 Å². The molecule has 2 heterocycles. The number of benzene rings is 2. The van der Waals surface area contributed by atoms with Crippen molar-refractivity contribution in [3.05, 3.63) is 54.4 Å². The second-order valence-corrected chi connectivity index (χ2v) is 8.09. The van der Waals surface area contributed by atoms with Crippen LogP contribution in [-0.2, 0) is 5.54 Å². The summed E-state index contributed by atoms with van der Waals surface area (Å²) in [4.78, 5) is 24.8. The van der Waals surface area contributed by atoms with Crippen molar-refractivity contribution >= 4 is 28.6 Å². The van der Waals surface area contributed by atoms with Gasteiger partial charge in [-0.2, -0.15) is 0 Å². The topological polar surface area (TPSA) is 133 Å². The van der Waals surface area contributed by atoms with E-state index in [1.54, 1.807) is 24.5 Å². The summed E-state index contributed by atoms with van der Waals surface area (Å²) < 4.78 is 2.03. The summed E-state index contributed by atoms with van der Waals surface area (Å²) in [6, 6.07) is 10.6. The number of carbonyl (C=O) groups is 1. The van der Waals surface area contributed by atoms with Crippen LogP contribution in [0.3, 0.4) is 0 Å². The molecule has 30 heavy (non-hydrogen) atoms. The predicted octanol–water partition coefficient (Wildman–Crippen LogP) is 3.78. The third-order valence-corrected chi connectivity index (χ3v) is 4.85. The highest BCUT2D eigenvalue weighted by molar-refractivity contribution is 5.97. The van der Waals surface area contributed by atoms with Crippen molar-refractivity contribution in [3.8, 4) is 22.5 Å². The number of nitrogens with zero attached hydrogens (tertiary/aromatic N) is 4. The van der Waals surface area contributed by atoms with Crippen molar-refractivity contribution in [2.24, 2.45) is 0 Å². The van der Waals surface area contributed by atoms with Gasteiger partial charge in [-0.1, -0.05) is 6.07 Å². The summed E-state index contributed by atoms with van der Waals surface area (Å²) in [6.07, 6.45) is 3.32. The Morgan fingerprint density at radius 3 is 2.33 bits per heavy atom. The number of carboxylic acids is 1. The first kappa shape index (κ1) is 19.4. The zero-order valence-electron chi connectivity index (χ0n) is 16.9. The third kappa shape index (κ3) is 3.32. The fourth-order valence-corrected chi connectivity index (χ4v) is 3.54. The molecule has 0 aliphatic rings. The Bertz CT molecular complexity index is 1270. The van der Waals surface area contributed by atoms with Crippen LogP contribution in [0, 0.1) is 0 Å². The maximum atomic E-state index is 11.8. The van der Waals surface area contributed by atoms with Crippen LogP contribution in [0.4, 0.5) is 11.6 Å². The number of anilines is 2. The first-order valence-electron chi connectivity index (χ1n) is 9.39. The van der Waals surface area contributed by atoms with Gasteiger partial charge >= 0.3 is 5.97 Å². The van der Waals surface area contributed by atoms with Crippen molar-refractivity contribution < 1.29 is 9.90 Å². The van der Waals surface area contributed by atoms with E-state index in [1.807, 2.05) is 43.5 Å². The molecule has 0 unspecified atom stereocenters. The fraction of sp³-hybridized carbons (Fsp3) is 0.182. The molecular formula is C22H22N6O2. The lowest BCUT2D eigenvalue weighted by molar-refractivity contribution is 0.0697. The van der Waals surface area contributed by atoms with Crippen LogP contribution in [0.1, 0.15) is 31.1 Å². The average molecular weight is 402 g/mol. The molecule has 0 saturated heterocycles. The molecule has 5 N–H and O–H groups in total. The predicted molar refractivity (Wildman–Crippen MR) is 117 cm³/mol. The maximum absolute atomic E-state index is 11.8. The molecule has 0 aliphatic carbocycles. The number of aromatic nitrogens is 4. The highest BCUT2D eigenvalue weighted by Crippen LogP contribution is 2.35. The zero-order valence-corrected chi connectivity index (χ0v) is 16.9. The third-order valence-electron chi connectivity index (χ3n) is 4.85. The van der Waals surface area contributed by atoms with Gasteiger partial charge in [0.15, 0.2) is 0 Å². The summed E-state index contributed by atoms with van der Waals surface area (Å²) in [6.45, 7) is 6.14. The Labute approximate surface area is 173 Å². The number of aromatic carboxylic acids is 1. The Morgan fingerprint density at radius 1 is 1.00 bits per heavy atom. The smallest absolute Gasteiger partial charge is 0.336 e. The van der Waals surface area contributed by atoms with Gasteiger partial charge in [-0.25, -0.2) is 19.7 Å². The summed E-state index contributed by atoms with van der Waals surface area (Å²) >= 11 is 0. The zero-order chi connectivity index (χ0) is 21.6. The lowest BCUT2D eigenvalue weighted by Crippen LogP contribution is -2.23. The molecule has 0 aliphatic heterocycles. The molecule has 0 amide bonds. The highest BCUT2D eigenvalue weighted by Gasteiger charge is 2.25. The van der Waals surface area contributed by atoms with Gasteiger partial charge in [0, 0.05) is 34.7 Å². The summed E-state index contributed by atoms with van der Waals surface area (Å²) in [5, 5.41) is 9.70. The van der Waals surface area contributed by atoms with Crippen LogP contribution in [0.15, 0.2) is 48.8 Å². The van der Waals surface area contributed by atoms with Crippen LogP contribution >= 0.6 is 0 Å². The summed E-state index contributed by atoms with van der Waals surface area (Å²) in [5.41, 5.74) is 15.6. The molecular weight excluding hydrogens is 380 g/mol. The van der Waals surface area contributed by atoms with Gasteiger partial charge in [0.2, 0.25) is 5.95 Å². The summed E-state index contributed by atoms with van der Waals surface area (Å²) in [5.74, 6) is -0.271. The van der Waals surface area contributed by atoms with Gasteiger partial charge in [0.05, 0.1) is 16.6 Å². The Balaban J connectivity index is 2.00. The molecule has 152 valence electrons. The van der Waals surface area contributed by atoms with E-state index in [4.69, 9.17) is 16.5 Å². The molecule has 2 aromatic carbocycles. The van der Waals surface area contributed by atoms with Gasteiger partial charge < -0.3 is 21.1 Å². The monoisotopic (exact) mass is 402 g/mol. The van der Waals surface area contributed by atoms with E-state index >= 15 is 0 Å². The van der Waals surface area contributed by atoms with Gasteiger partial charge in [0.1, 0.15) is 5.82 Å². The molecule has 8 heteroatoms. The number of nitrogen functional groups attached to an aromatic ring is 2. The molecule has 2 aromatic heterocycles. The number of hydrogen-bond acceptors (Lipinski definition) is 6. The van der Waals surface area contributed by atoms with Gasteiger partial charge in [-0.05, 0) is 56.7 Å². The van der Waals surface area contributed by atoms with Crippen molar-refractivity contribution in [1.82, 2.24) is 19.5 Å². The van der Waals surface area contributed by atoms with Crippen LogP contribution in [0.5, 0.6) is 0 Å². The number of imidazole rings is 1. The summed E-state index contributed by atoms with van der Waals surface area (Å²) in [7, 11) is 0. The minimum atomic E-state index is -1.03. The largest absolute Gasteiger partial charge is 0.478 e. The Kier molecular flexibility index (Phi) is 4.42. The van der Waals surface area contributed by atoms with E-state index in [-0.39, 0.29) is 17.1 Å². The fourth-order valence-electron chi connectivity index (χ4n) is 3.54. The molecule has 0 saturated carbocycles. The van der Waals surface area contributed by atoms with Crippen LogP contribution in [0.2, 0.25) is 0 Å². The SMILES string of the molecule is CC(C)(C)n1c(-c2cc(N)ccc2C(=O)O)nc2cc(-c3cnc(N)nc3)ccc21. The number of carboxylic acid groups (broad SMARTS) is 1. The second-order valence-electron chi connectivity index (χ2n) is 8.09. The minimum Gasteiger partial charge on any atom is -0.478 e. The molecule has 8 nitrogen and oxygen atoms in total. The van der Waals surface area contributed by atoms with E-state index in [1.165, 1.54) is 6.07 Å².